The fraction of sp³-hybridized carbons (Fsp3) is 0.286. The maximum atomic E-state index is 13.6. The molecule has 0 unspecified atom stereocenters. The van der Waals surface area contributed by atoms with Crippen molar-refractivity contribution >= 4 is 0 Å². The van der Waals surface area contributed by atoms with Crippen LogP contribution in [-0.4, -0.2) is 6.04 Å². The highest BCUT2D eigenvalue weighted by Crippen LogP contribution is 2.27. The second-order valence-corrected chi connectivity index (χ2v) is 4.52. The predicted molar refractivity (Wildman–Crippen MR) is 66.0 cm³/mol. The van der Waals surface area contributed by atoms with Crippen LogP contribution >= 0.6 is 0 Å². The summed E-state index contributed by atoms with van der Waals surface area (Å²) in [6.07, 6.45) is 0. The number of halogens is 3. The van der Waals surface area contributed by atoms with Gasteiger partial charge in [0.1, 0.15) is 11.5 Å². The molecule has 0 amide bonds. The highest BCUT2D eigenvalue weighted by atomic mass is 19.2. The monoisotopic (exact) mass is 269 g/mol. The van der Waals surface area contributed by atoms with Gasteiger partial charge in [-0.1, -0.05) is 13.8 Å². The lowest BCUT2D eigenvalue weighted by Gasteiger charge is -2.05. The third-order valence-electron chi connectivity index (χ3n) is 2.65. The summed E-state index contributed by atoms with van der Waals surface area (Å²) in [4.78, 5) is 0. The molecule has 2 nitrogen and oxygen atoms in total. The molecule has 1 aromatic carbocycles. The average Bonchev–Trinajstić information content (AvgIpc) is 2.82. The maximum Gasteiger partial charge on any atom is 0.195 e. The molecule has 102 valence electrons. The first kappa shape index (κ1) is 13.7. The van der Waals surface area contributed by atoms with Crippen molar-refractivity contribution in [3.8, 4) is 11.3 Å². The van der Waals surface area contributed by atoms with Gasteiger partial charge < -0.3 is 9.73 Å². The first-order chi connectivity index (χ1) is 8.99. The van der Waals surface area contributed by atoms with E-state index in [0.29, 0.717) is 12.3 Å². The molecule has 2 rings (SSSR count). The van der Waals surface area contributed by atoms with Crippen LogP contribution in [0.2, 0.25) is 0 Å². The number of rotatable bonds is 4. The SMILES string of the molecule is CC(C)NCc1ccc(-c2ccc(F)c(F)c2F)o1. The van der Waals surface area contributed by atoms with Gasteiger partial charge >= 0.3 is 0 Å². The first-order valence-electron chi connectivity index (χ1n) is 5.95. The third-order valence-corrected chi connectivity index (χ3v) is 2.65. The molecule has 1 N–H and O–H groups in total. The molecule has 19 heavy (non-hydrogen) atoms. The van der Waals surface area contributed by atoms with Crippen molar-refractivity contribution in [1.82, 2.24) is 5.32 Å². The molecule has 5 heteroatoms. The Bertz CT molecular complexity index is 578. The molecule has 0 spiro atoms. The van der Waals surface area contributed by atoms with Crippen LogP contribution < -0.4 is 5.32 Å². The van der Waals surface area contributed by atoms with Crippen LogP contribution in [0.15, 0.2) is 28.7 Å². The molecule has 0 atom stereocenters. The Hall–Kier alpha value is -1.75. The zero-order valence-corrected chi connectivity index (χ0v) is 10.6. The second-order valence-electron chi connectivity index (χ2n) is 4.52. The van der Waals surface area contributed by atoms with Crippen LogP contribution in [-0.2, 0) is 6.54 Å². The molecule has 2 aromatic rings. The quantitative estimate of drug-likeness (QED) is 0.852. The lowest BCUT2D eigenvalue weighted by Crippen LogP contribution is -2.21. The van der Waals surface area contributed by atoms with E-state index in [1.54, 1.807) is 6.07 Å². The van der Waals surface area contributed by atoms with Crippen LogP contribution in [0.4, 0.5) is 13.2 Å². The Balaban J connectivity index is 2.26. The fourth-order valence-electron chi connectivity index (χ4n) is 1.64. The Kier molecular flexibility index (Phi) is 3.95. The fourth-order valence-corrected chi connectivity index (χ4v) is 1.64. The van der Waals surface area contributed by atoms with Gasteiger partial charge in [0.2, 0.25) is 0 Å². The van der Waals surface area contributed by atoms with E-state index in [9.17, 15) is 13.2 Å². The number of hydrogen-bond acceptors (Lipinski definition) is 2. The Morgan fingerprint density at radius 3 is 2.47 bits per heavy atom. The summed E-state index contributed by atoms with van der Waals surface area (Å²) in [5, 5.41) is 3.14. The summed E-state index contributed by atoms with van der Waals surface area (Å²) in [5.41, 5.74) is -0.0882. The summed E-state index contributed by atoms with van der Waals surface area (Å²) >= 11 is 0. The van der Waals surface area contributed by atoms with Gasteiger partial charge in [-0.25, -0.2) is 13.2 Å². The van der Waals surface area contributed by atoms with Crippen LogP contribution in [0.1, 0.15) is 19.6 Å². The molecule has 0 bridgehead atoms. The molecular formula is C14H14F3NO. The zero-order chi connectivity index (χ0) is 14.0. The summed E-state index contributed by atoms with van der Waals surface area (Å²) in [6, 6.07) is 5.53. The Morgan fingerprint density at radius 2 is 1.79 bits per heavy atom. The molecule has 0 saturated heterocycles. The van der Waals surface area contributed by atoms with Crippen molar-refractivity contribution in [2.45, 2.75) is 26.4 Å². The smallest absolute Gasteiger partial charge is 0.195 e. The van der Waals surface area contributed by atoms with Gasteiger partial charge in [0.05, 0.1) is 12.1 Å². The number of hydrogen-bond donors (Lipinski definition) is 1. The van der Waals surface area contributed by atoms with E-state index in [1.807, 2.05) is 13.8 Å². The van der Waals surface area contributed by atoms with Crippen LogP contribution in [0.5, 0.6) is 0 Å². The standard InChI is InChI=1S/C14H14F3NO/c1-8(2)18-7-9-3-6-12(19-9)10-4-5-11(15)14(17)13(10)16/h3-6,8,18H,7H2,1-2H3. The van der Waals surface area contributed by atoms with Gasteiger partial charge in [0, 0.05) is 6.04 Å². The maximum absolute atomic E-state index is 13.6. The summed E-state index contributed by atoms with van der Waals surface area (Å²) < 4.78 is 45.0. The van der Waals surface area contributed by atoms with Crippen molar-refractivity contribution in [3.63, 3.8) is 0 Å². The average molecular weight is 269 g/mol. The first-order valence-corrected chi connectivity index (χ1v) is 5.95. The van der Waals surface area contributed by atoms with Crippen LogP contribution in [0.3, 0.4) is 0 Å². The van der Waals surface area contributed by atoms with Gasteiger partial charge in [0.25, 0.3) is 0 Å². The highest BCUT2D eigenvalue weighted by Gasteiger charge is 2.17. The number of nitrogens with one attached hydrogen (secondary N) is 1. The van der Waals surface area contributed by atoms with E-state index in [-0.39, 0.29) is 17.4 Å². The minimum absolute atomic E-state index is 0.0882. The van der Waals surface area contributed by atoms with Crippen molar-refractivity contribution in [1.29, 1.82) is 0 Å². The Labute approximate surface area is 109 Å². The van der Waals surface area contributed by atoms with E-state index in [2.05, 4.69) is 5.32 Å². The third kappa shape index (κ3) is 2.98. The van der Waals surface area contributed by atoms with E-state index >= 15 is 0 Å². The topological polar surface area (TPSA) is 25.2 Å². The lowest BCUT2D eigenvalue weighted by molar-refractivity contribution is 0.442. The van der Waals surface area contributed by atoms with E-state index in [1.165, 1.54) is 6.07 Å². The predicted octanol–water partition coefficient (Wildman–Crippen LogP) is 3.86. The van der Waals surface area contributed by atoms with Crippen molar-refractivity contribution in [2.75, 3.05) is 0 Å². The van der Waals surface area contributed by atoms with Gasteiger partial charge in [-0.3, -0.25) is 0 Å². The minimum Gasteiger partial charge on any atom is -0.460 e. The van der Waals surface area contributed by atoms with E-state index in [4.69, 9.17) is 4.42 Å². The zero-order valence-electron chi connectivity index (χ0n) is 10.6. The van der Waals surface area contributed by atoms with Gasteiger partial charge in [-0.2, -0.15) is 0 Å². The normalized spacial score (nSPS) is 11.3. The van der Waals surface area contributed by atoms with Crippen LogP contribution in [0.25, 0.3) is 11.3 Å². The number of benzene rings is 1. The molecule has 0 aliphatic heterocycles. The van der Waals surface area contributed by atoms with Crippen LogP contribution in [0, 0.1) is 17.5 Å². The molecule has 1 aromatic heterocycles. The lowest BCUT2D eigenvalue weighted by atomic mass is 10.1. The minimum atomic E-state index is -1.49. The summed E-state index contributed by atoms with van der Waals surface area (Å²) in [5.74, 6) is -3.16. The van der Waals surface area contributed by atoms with Gasteiger partial charge in [0.15, 0.2) is 17.5 Å². The molecule has 0 saturated carbocycles. The van der Waals surface area contributed by atoms with Crippen molar-refractivity contribution < 1.29 is 17.6 Å². The Morgan fingerprint density at radius 1 is 1.05 bits per heavy atom. The summed E-state index contributed by atoms with van der Waals surface area (Å²) in [7, 11) is 0. The molecule has 0 fully saturated rings. The van der Waals surface area contributed by atoms with Crippen molar-refractivity contribution in [2.24, 2.45) is 0 Å². The molecule has 0 aliphatic rings. The number of furan rings is 1. The molecule has 1 heterocycles. The van der Waals surface area contributed by atoms with E-state index in [0.717, 1.165) is 12.1 Å². The van der Waals surface area contributed by atoms with Gasteiger partial charge in [-0.05, 0) is 24.3 Å². The largest absolute Gasteiger partial charge is 0.460 e. The molecular weight excluding hydrogens is 255 g/mol. The summed E-state index contributed by atoms with van der Waals surface area (Å²) in [6.45, 7) is 4.46. The van der Waals surface area contributed by atoms with Crippen molar-refractivity contribution in [3.05, 3.63) is 47.5 Å². The molecule has 0 radical (unpaired) electrons. The van der Waals surface area contributed by atoms with E-state index < -0.39 is 17.5 Å². The van der Waals surface area contributed by atoms with Gasteiger partial charge in [-0.15, -0.1) is 0 Å². The highest BCUT2D eigenvalue weighted by molar-refractivity contribution is 5.58. The molecule has 0 aliphatic carbocycles. The second kappa shape index (κ2) is 5.48.